The van der Waals surface area contributed by atoms with E-state index in [2.05, 4.69) is 50.2 Å². The number of halogens is 1. The molecule has 0 bridgehead atoms. The maximum Gasteiger partial charge on any atom is 0.191 e. The first-order chi connectivity index (χ1) is 10.9. The predicted octanol–water partition coefficient (Wildman–Crippen LogP) is 3.03. The van der Waals surface area contributed by atoms with Crippen LogP contribution in [0.4, 0.5) is 0 Å². The van der Waals surface area contributed by atoms with Crippen molar-refractivity contribution >= 4 is 29.9 Å². The van der Waals surface area contributed by atoms with E-state index in [1.54, 1.807) is 0 Å². The van der Waals surface area contributed by atoms with Gasteiger partial charge in [-0.3, -0.25) is 4.99 Å². The number of hydrogen-bond donors (Lipinski definition) is 2. The molecule has 2 fully saturated rings. The van der Waals surface area contributed by atoms with Crippen LogP contribution in [-0.2, 0) is 9.47 Å². The molecule has 142 valence electrons. The number of aliphatic imine (C=N–C) groups is 1. The molecule has 1 aliphatic heterocycles. The summed E-state index contributed by atoms with van der Waals surface area (Å²) in [4.78, 5) is 4.39. The van der Waals surface area contributed by atoms with E-state index in [0.29, 0.717) is 30.1 Å². The normalized spacial score (nSPS) is 29.5. The average molecular weight is 453 g/mol. The Labute approximate surface area is 164 Å². The highest BCUT2D eigenvalue weighted by molar-refractivity contribution is 14.0. The molecule has 5 nitrogen and oxygen atoms in total. The van der Waals surface area contributed by atoms with Gasteiger partial charge in [0.2, 0.25) is 0 Å². The minimum atomic E-state index is 0. The van der Waals surface area contributed by atoms with E-state index >= 15 is 0 Å². The van der Waals surface area contributed by atoms with E-state index < -0.39 is 0 Å². The van der Waals surface area contributed by atoms with Crippen LogP contribution >= 0.6 is 24.0 Å². The lowest BCUT2D eigenvalue weighted by Gasteiger charge is -2.54. The van der Waals surface area contributed by atoms with Crippen LogP contribution in [0.3, 0.4) is 0 Å². The van der Waals surface area contributed by atoms with Gasteiger partial charge in [-0.15, -0.1) is 24.0 Å². The van der Waals surface area contributed by atoms with Gasteiger partial charge < -0.3 is 20.1 Å². The molecule has 0 aromatic rings. The van der Waals surface area contributed by atoms with Crippen molar-refractivity contribution in [1.29, 1.82) is 0 Å². The zero-order valence-corrected chi connectivity index (χ0v) is 18.4. The van der Waals surface area contributed by atoms with Crippen molar-refractivity contribution in [1.82, 2.24) is 10.6 Å². The maximum atomic E-state index is 5.86. The van der Waals surface area contributed by atoms with Gasteiger partial charge in [-0.25, -0.2) is 0 Å². The summed E-state index contributed by atoms with van der Waals surface area (Å²) in [6.07, 6.45) is 2.86. The molecule has 0 amide bonds. The Bertz CT molecular complexity index is 415. The largest absolute Gasteiger partial charge is 0.378 e. The summed E-state index contributed by atoms with van der Waals surface area (Å²) < 4.78 is 11.7. The molecule has 2 aliphatic rings. The van der Waals surface area contributed by atoms with Crippen LogP contribution < -0.4 is 10.6 Å². The molecule has 0 spiro atoms. The third-order valence-corrected chi connectivity index (χ3v) is 5.46. The second kappa shape index (κ2) is 9.57. The molecule has 2 rings (SSSR count). The van der Waals surface area contributed by atoms with Crippen LogP contribution in [0, 0.1) is 17.3 Å². The summed E-state index contributed by atoms with van der Waals surface area (Å²) in [5.74, 6) is 2.05. The number of hydrogen-bond acceptors (Lipinski definition) is 3. The fraction of sp³-hybridized carbons (Fsp3) is 0.944. The smallest absolute Gasteiger partial charge is 0.191 e. The Morgan fingerprint density at radius 3 is 2.67 bits per heavy atom. The second-order valence-electron chi connectivity index (χ2n) is 7.71. The van der Waals surface area contributed by atoms with E-state index in [-0.39, 0.29) is 29.4 Å². The topological polar surface area (TPSA) is 54.9 Å². The third kappa shape index (κ3) is 4.75. The molecule has 24 heavy (non-hydrogen) atoms. The zero-order chi connectivity index (χ0) is 17.0. The van der Waals surface area contributed by atoms with Crippen molar-refractivity contribution in [2.75, 3.05) is 26.8 Å². The van der Waals surface area contributed by atoms with E-state index in [1.807, 2.05) is 7.05 Å². The van der Waals surface area contributed by atoms with Crippen LogP contribution in [0.1, 0.15) is 47.5 Å². The van der Waals surface area contributed by atoms with Gasteiger partial charge in [0.1, 0.15) is 0 Å². The molecule has 1 saturated carbocycles. The second-order valence-corrected chi connectivity index (χ2v) is 7.71. The summed E-state index contributed by atoms with van der Waals surface area (Å²) >= 11 is 0. The highest BCUT2D eigenvalue weighted by Gasteiger charge is 2.59. The number of fused-ring (bicyclic) bond motifs is 1. The minimum Gasteiger partial charge on any atom is -0.378 e. The van der Waals surface area contributed by atoms with Crippen LogP contribution in [0.5, 0.6) is 0 Å². The molecule has 0 aromatic heterocycles. The summed E-state index contributed by atoms with van der Waals surface area (Å²) in [5.41, 5.74) is 0.171. The molecule has 0 radical (unpaired) electrons. The van der Waals surface area contributed by atoms with Gasteiger partial charge in [-0.05, 0) is 25.7 Å². The summed E-state index contributed by atoms with van der Waals surface area (Å²) in [6, 6.07) is 0.439. The monoisotopic (exact) mass is 453 g/mol. The molecule has 6 heteroatoms. The fourth-order valence-corrected chi connectivity index (χ4v) is 4.12. The summed E-state index contributed by atoms with van der Waals surface area (Å²) in [5, 5.41) is 7.07. The SMILES string of the molecule is CCOC(CCNC(=NC)NC1C2CCOC2C1(C)C)C(C)C.I. The average Bonchev–Trinajstić information content (AvgIpc) is 2.96. The molecule has 4 atom stereocenters. The standard InChI is InChI=1S/C18H35N3O2.HI/c1-7-22-14(12(2)3)8-10-20-17(19-6)21-15-13-9-11-23-16(13)18(15,4)5;/h12-16H,7-11H2,1-6H3,(H2,19,20,21);1H. The summed E-state index contributed by atoms with van der Waals surface area (Å²) in [6.45, 7) is 13.6. The van der Waals surface area contributed by atoms with Crippen molar-refractivity contribution in [3.05, 3.63) is 0 Å². The highest BCUT2D eigenvalue weighted by atomic mass is 127. The van der Waals surface area contributed by atoms with Crippen molar-refractivity contribution in [3.8, 4) is 0 Å². The molecular weight excluding hydrogens is 417 g/mol. The number of ether oxygens (including phenoxy) is 2. The lowest BCUT2D eigenvalue weighted by atomic mass is 9.57. The number of rotatable bonds is 7. The Balaban J connectivity index is 0.00000288. The molecule has 1 saturated heterocycles. The van der Waals surface area contributed by atoms with E-state index in [4.69, 9.17) is 9.47 Å². The van der Waals surface area contributed by atoms with Crippen LogP contribution in [0.25, 0.3) is 0 Å². The maximum absolute atomic E-state index is 5.86. The lowest BCUT2D eigenvalue weighted by molar-refractivity contribution is -0.106. The third-order valence-electron chi connectivity index (χ3n) is 5.46. The van der Waals surface area contributed by atoms with E-state index in [0.717, 1.165) is 38.6 Å². The van der Waals surface area contributed by atoms with Crippen molar-refractivity contribution < 1.29 is 9.47 Å². The van der Waals surface area contributed by atoms with Gasteiger partial charge in [0.25, 0.3) is 0 Å². The summed E-state index contributed by atoms with van der Waals surface area (Å²) in [7, 11) is 1.84. The number of nitrogens with zero attached hydrogens (tertiary/aromatic N) is 1. The first kappa shape index (κ1) is 22.0. The van der Waals surface area contributed by atoms with Gasteiger partial charge in [0, 0.05) is 44.2 Å². The quantitative estimate of drug-likeness (QED) is 0.354. The first-order valence-corrected chi connectivity index (χ1v) is 9.12. The van der Waals surface area contributed by atoms with Gasteiger partial charge in [0.05, 0.1) is 12.2 Å². The van der Waals surface area contributed by atoms with Gasteiger partial charge in [-0.1, -0.05) is 27.7 Å². The van der Waals surface area contributed by atoms with Crippen LogP contribution in [0.15, 0.2) is 4.99 Å². The lowest BCUT2D eigenvalue weighted by Crippen LogP contribution is -2.68. The van der Waals surface area contributed by atoms with Crippen LogP contribution in [-0.4, -0.2) is 51.0 Å². The predicted molar refractivity (Wildman–Crippen MR) is 110 cm³/mol. The van der Waals surface area contributed by atoms with Gasteiger partial charge in [-0.2, -0.15) is 0 Å². The number of guanidine groups is 1. The van der Waals surface area contributed by atoms with Crippen molar-refractivity contribution in [2.24, 2.45) is 22.2 Å². The van der Waals surface area contributed by atoms with Crippen LogP contribution in [0.2, 0.25) is 0 Å². The molecule has 1 heterocycles. The Morgan fingerprint density at radius 1 is 1.38 bits per heavy atom. The van der Waals surface area contributed by atoms with Gasteiger partial charge >= 0.3 is 0 Å². The van der Waals surface area contributed by atoms with Gasteiger partial charge in [0.15, 0.2) is 5.96 Å². The molecule has 1 aliphatic carbocycles. The molecule has 0 aromatic carbocycles. The molecule has 4 unspecified atom stereocenters. The van der Waals surface area contributed by atoms with E-state index in [1.165, 1.54) is 0 Å². The molecular formula is C18H36IN3O2. The van der Waals surface area contributed by atoms with E-state index in [9.17, 15) is 0 Å². The van der Waals surface area contributed by atoms with Crippen molar-refractivity contribution in [2.45, 2.75) is 65.7 Å². The Kier molecular flexibility index (Phi) is 8.76. The Morgan fingerprint density at radius 2 is 2.08 bits per heavy atom. The highest BCUT2D eigenvalue weighted by Crippen LogP contribution is 2.52. The zero-order valence-electron chi connectivity index (χ0n) is 16.1. The minimum absolute atomic E-state index is 0. The first-order valence-electron chi connectivity index (χ1n) is 9.12. The fourth-order valence-electron chi connectivity index (χ4n) is 4.12. The Hall–Kier alpha value is -0.0800. The van der Waals surface area contributed by atoms with Crippen molar-refractivity contribution in [3.63, 3.8) is 0 Å². The molecule has 2 N–H and O–H groups in total. The number of nitrogens with one attached hydrogen (secondary N) is 2.